The van der Waals surface area contributed by atoms with Gasteiger partial charge < -0.3 is 10.6 Å². The lowest BCUT2D eigenvalue weighted by Gasteiger charge is -2.08. The maximum absolute atomic E-state index is 13.6. The molecule has 1 amide bonds. The maximum atomic E-state index is 13.6. The fourth-order valence-electron chi connectivity index (χ4n) is 2.07. The van der Waals surface area contributed by atoms with Crippen LogP contribution in [-0.4, -0.2) is 22.4 Å². The first-order valence-corrected chi connectivity index (χ1v) is 7.78. The molecular weight excluding hydrogens is 295 g/mol. The number of nitrogens with zero attached hydrogens (tertiary/aromatic N) is 2. The Balaban J connectivity index is 1.91. The van der Waals surface area contributed by atoms with Crippen molar-refractivity contribution in [1.82, 2.24) is 15.3 Å². The van der Waals surface area contributed by atoms with E-state index in [0.717, 1.165) is 19.3 Å². The summed E-state index contributed by atoms with van der Waals surface area (Å²) >= 11 is 0. The highest BCUT2D eigenvalue weighted by atomic mass is 19.1. The van der Waals surface area contributed by atoms with Crippen LogP contribution in [0.15, 0.2) is 36.7 Å². The fraction of sp³-hybridized carbons (Fsp3) is 0.353. The molecular formula is C17H21FN4O. The summed E-state index contributed by atoms with van der Waals surface area (Å²) in [7, 11) is 0. The van der Waals surface area contributed by atoms with E-state index in [2.05, 4.69) is 27.5 Å². The van der Waals surface area contributed by atoms with Gasteiger partial charge in [0.15, 0.2) is 0 Å². The normalized spacial score (nSPS) is 10.3. The van der Waals surface area contributed by atoms with Crippen LogP contribution in [-0.2, 0) is 6.54 Å². The van der Waals surface area contributed by atoms with Crippen molar-refractivity contribution >= 4 is 11.7 Å². The number of carbonyl (C=O) groups is 1. The van der Waals surface area contributed by atoms with Crippen molar-refractivity contribution in [2.75, 3.05) is 11.9 Å². The average molecular weight is 316 g/mol. The molecule has 0 aliphatic rings. The lowest BCUT2D eigenvalue weighted by Crippen LogP contribution is -2.25. The van der Waals surface area contributed by atoms with Gasteiger partial charge in [-0.15, -0.1) is 0 Å². The molecule has 2 aromatic rings. The van der Waals surface area contributed by atoms with E-state index in [0.29, 0.717) is 30.2 Å². The number of amides is 1. The van der Waals surface area contributed by atoms with E-state index >= 15 is 0 Å². The minimum atomic E-state index is -0.275. The van der Waals surface area contributed by atoms with Gasteiger partial charge in [-0.1, -0.05) is 38.0 Å². The molecule has 122 valence electrons. The van der Waals surface area contributed by atoms with Gasteiger partial charge in [0.1, 0.15) is 23.7 Å². The van der Waals surface area contributed by atoms with Crippen molar-refractivity contribution in [3.8, 4) is 0 Å². The maximum Gasteiger partial charge on any atom is 0.270 e. The van der Waals surface area contributed by atoms with Crippen LogP contribution in [0.5, 0.6) is 0 Å². The van der Waals surface area contributed by atoms with Gasteiger partial charge in [0.05, 0.1) is 0 Å². The molecule has 0 fully saturated rings. The summed E-state index contributed by atoms with van der Waals surface area (Å²) in [6.07, 6.45) is 4.46. The molecule has 0 saturated carbocycles. The first kappa shape index (κ1) is 16.9. The first-order valence-electron chi connectivity index (χ1n) is 7.78. The highest BCUT2D eigenvalue weighted by Gasteiger charge is 2.08. The molecule has 0 saturated heterocycles. The van der Waals surface area contributed by atoms with Gasteiger partial charge in [-0.05, 0) is 12.5 Å². The summed E-state index contributed by atoms with van der Waals surface area (Å²) in [4.78, 5) is 20.0. The van der Waals surface area contributed by atoms with Crippen LogP contribution in [0.2, 0.25) is 0 Å². The average Bonchev–Trinajstić information content (AvgIpc) is 2.58. The molecule has 0 radical (unpaired) electrons. The van der Waals surface area contributed by atoms with Gasteiger partial charge in [-0.25, -0.2) is 14.4 Å². The third-order valence-electron chi connectivity index (χ3n) is 3.38. The molecule has 0 bridgehead atoms. The SMILES string of the molecule is CCCCCNC(=O)c1cc(NCc2ccccc2F)ncn1. The van der Waals surface area contributed by atoms with Gasteiger partial charge in [0.2, 0.25) is 0 Å². The van der Waals surface area contributed by atoms with Crippen molar-refractivity contribution in [2.45, 2.75) is 32.7 Å². The van der Waals surface area contributed by atoms with Crippen molar-refractivity contribution in [3.05, 3.63) is 53.7 Å². The molecule has 1 heterocycles. The zero-order valence-corrected chi connectivity index (χ0v) is 13.2. The lowest BCUT2D eigenvalue weighted by molar-refractivity contribution is 0.0948. The summed E-state index contributed by atoms with van der Waals surface area (Å²) in [6, 6.07) is 8.09. The number of carbonyl (C=O) groups excluding carboxylic acids is 1. The quantitative estimate of drug-likeness (QED) is 0.734. The predicted octanol–water partition coefficient (Wildman–Crippen LogP) is 3.15. The first-order chi connectivity index (χ1) is 11.2. The Bertz CT molecular complexity index is 648. The molecule has 1 aromatic carbocycles. The van der Waals surface area contributed by atoms with Crippen LogP contribution in [0.4, 0.5) is 10.2 Å². The zero-order chi connectivity index (χ0) is 16.5. The minimum absolute atomic E-state index is 0.225. The largest absolute Gasteiger partial charge is 0.366 e. The second-order valence-corrected chi connectivity index (χ2v) is 5.20. The third kappa shape index (κ3) is 5.32. The fourth-order valence-corrected chi connectivity index (χ4v) is 2.07. The third-order valence-corrected chi connectivity index (χ3v) is 3.38. The lowest BCUT2D eigenvalue weighted by atomic mass is 10.2. The minimum Gasteiger partial charge on any atom is -0.366 e. The molecule has 0 aliphatic heterocycles. The van der Waals surface area contributed by atoms with E-state index in [1.54, 1.807) is 24.3 Å². The van der Waals surface area contributed by atoms with Gasteiger partial charge in [-0.2, -0.15) is 0 Å². The highest BCUT2D eigenvalue weighted by Crippen LogP contribution is 2.10. The Morgan fingerprint density at radius 2 is 2.04 bits per heavy atom. The van der Waals surface area contributed by atoms with Crippen LogP contribution in [0.3, 0.4) is 0 Å². The number of hydrogen-bond donors (Lipinski definition) is 2. The van der Waals surface area contributed by atoms with Gasteiger partial charge in [0, 0.05) is 24.7 Å². The van der Waals surface area contributed by atoms with E-state index in [1.165, 1.54) is 12.4 Å². The Morgan fingerprint density at radius 3 is 2.83 bits per heavy atom. The smallest absolute Gasteiger partial charge is 0.270 e. The molecule has 2 N–H and O–H groups in total. The molecule has 5 nitrogen and oxygen atoms in total. The van der Waals surface area contributed by atoms with E-state index in [-0.39, 0.29) is 11.7 Å². The number of rotatable bonds is 8. The van der Waals surface area contributed by atoms with Crippen molar-refractivity contribution in [3.63, 3.8) is 0 Å². The van der Waals surface area contributed by atoms with Crippen molar-refractivity contribution in [1.29, 1.82) is 0 Å². The van der Waals surface area contributed by atoms with Gasteiger partial charge in [0.25, 0.3) is 5.91 Å². The highest BCUT2D eigenvalue weighted by molar-refractivity contribution is 5.92. The number of unbranched alkanes of at least 4 members (excludes halogenated alkanes) is 2. The Hall–Kier alpha value is -2.50. The number of aromatic nitrogens is 2. The summed E-state index contributed by atoms with van der Waals surface area (Å²) in [6.45, 7) is 3.04. The van der Waals surface area contributed by atoms with Crippen LogP contribution in [0.25, 0.3) is 0 Å². The second-order valence-electron chi connectivity index (χ2n) is 5.20. The second kappa shape index (κ2) is 8.82. The van der Waals surface area contributed by atoms with E-state index in [1.807, 2.05) is 0 Å². The molecule has 23 heavy (non-hydrogen) atoms. The number of benzene rings is 1. The van der Waals surface area contributed by atoms with E-state index < -0.39 is 0 Å². The molecule has 0 unspecified atom stereocenters. The molecule has 0 aliphatic carbocycles. The predicted molar refractivity (Wildman–Crippen MR) is 87.6 cm³/mol. The van der Waals surface area contributed by atoms with E-state index in [4.69, 9.17) is 0 Å². The Kier molecular flexibility index (Phi) is 6.47. The number of hydrogen-bond acceptors (Lipinski definition) is 4. The number of halogens is 1. The van der Waals surface area contributed by atoms with Crippen LogP contribution in [0, 0.1) is 5.82 Å². The monoisotopic (exact) mass is 316 g/mol. The summed E-state index contributed by atoms with van der Waals surface area (Å²) in [5.74, 6) is -0.0117. The summed E-state index contributed by atoms with van der Waals surface area (Å²) < 4.78 is 13.6. The van der Waals surface area contributed by atoms with Crippen LogP contribution >= 0.6 is 0 Å². The van der Waals surface area contributed by atoms with Crippen LogP contribution < -0.4 is 10.6 Å². The molecule has 6 heteroatoms. The molecule has 0 atom stereocenters. The van der Waals surface area contributed by atoms with Gasteiger partial charge in [-0.3, -0.25) is 4.79 Å². The number of anilines is 1. The molecule has 1 aromatic heterocycles. The number of nitrogens with one attached hydrogen (secondary N) is 2. The standard InChI is InChI=1S/C17H21FN4O/c1-2-3-6-9-19-17(23)15-10-16(22-12-21-15)20-11-13-7-4-5-8-14(13)18/h4-5,7-8,10,12H,2-3,6,9,11H2,1H3,(H,19,23)(H,20,21,22). The van der Waals surface area contributed by atoms with Gasteiger partial charge >= 0.3 is 0 Å². The Morgan fingerprint density at radius 1 is 1.22 bits per heavy atom. The zero-order valence-electron chi connectivity index (χ0n) is 13.2. The molecule has 2 rings (SSSR count). The molecule has 0 spiro atoms. The summed E-state index contributed by atoms with van der Waals surface area (Å²) in [5.41, 5.74) is 0.837. The van der Waals surface area contributed by atoms with Crippen molar-refractivity contribution < 1.29 is 9.18 Å². The summed E-state index contributed by atoms with van der Waals surface area (Å²) in [5, 5.41) is 5.83. The topological polar surface area (TPSA) is 66.9 Å². The van der Waals surface area contributed by atoms with E-state index in [9.17, 15) is 9.18 Å². The van der Waals surface area contributed by atoms with Crippen molar-refractivity contribution in [2.24, 2.45) is 0 Å². The van der Waals surface area contributed by atoms with Crippen LogP contribution in [0.1, 0.15) is 42.2 Å². The Labute approximate surface area is 135 Å².